The van der Waals surface area contributed by atoms with Gasteiger partial charge in [-0.25, -0.2) is 0 Å². The quantitative estimate of drug-likeness (QED) is 0.693. The highest BCUT2D eigenvalue weighted by Crippen LogP contribution is 2.26. The summed E-state index contributed by atoms with van der Waals surface area (Å²) >= 11 is 0. The predicted octanol–water partition coefficient (Wildman–Crippen LogP) is 5.06. The van der Waals surface area contributed by atoms with Crippen LogP contribution >= 0.6 is 0 Å². The third kappa shape index (κ3) is 2.57. The van der Waals surface area contributed by atoms with E-state index in [9.17, 15) is 0 Å². The lowest BCUT2D eigenvalue weighted by Gasteiger charge is -2.07. The molecule has 0 spiro atoms. The van der Waals surface area contributed by atoms with E-state index >= 15 is 0 Å². The molecule has 0 bridgehead atoms. The van der Waals surface area contributed by atoms with Crippen LogP contribution in [0.5, 0.6) is 0 Å². The minimum atomic E-state index is 1.13. The van der Waals surface area contributed by atoms with E-state index < -0.39 is 0 Å². The SMILES string of the molecule is CNc1cccc(-c2ccc(-c3ccccc3)cc2)c1. The van der Waals surface area contributed by atoms with Gasteiger partial charge < -0.3 is 5.32 Å². The Morgan fingerprint density at radius 3 is 1.75 bits per heavy atom. The summed E-state index contributed by atoms with van der Waals surface area (Å²) in [6.07, 6.45) is 0. The average molecular weight is 259 g/mol. The molecular formula is C19H17N. The van der Waals surface area contributed by atoms with Gasteiger partial charge in [-0.3, -0.25) is 0 Å². The zero-order valence-corrected chi connectivity index (χ0v) is 11.5. The van der Waals surface area contributed by atoms with E-state index in [1.165, 1.54) is 22.3 Å². The van der Waals surface area contributed by atoms with E-state index in [1.807, 2.05) is 13.1 Å². The van der Waals surface area contributed by atoms with Crippen LogP contribution < -0.4 is 5.32 Å². The molecular weight excluding hydrogens is 242 g/mol. The molecule has 1 N–H and O–H groups in total. The number of hydrogen-bond acceptors (Lipinski definition) is 1. The van der Waals surface area contributed by atoms with Crippen molar-refractivity contribution >= 4 is 5.69 Å². The molecule has 0 amide bonds. The van der Waals surface area contributed by atoms with Crippen molar-refractivity contribution in [3.05, 3.63) is 78.9 Å². The maximum Gasteiger partial charge on any atom is 0.0343 e. The Kier molecular flexibility index (Phi) is 3.51. The van der Waals surface area contributed by atoms with Gasteiger partial charge in [-0.2, -0.15) is 0 Å². The number of rotatable bonds is 3. The monoisotopic (exact) mass is 259 g/mol. The van der Waals surface area contributed by atoms with Gasteiger partial charge in [0, 0.05) is 12.7 Å². The molecule has 0 saturated carbocycles. The van der Waals surface area contributed by atoms with Crippen LogP contribution in [0.25, 0.3) is 22.3 Å². The third-order valence-corrected chi connectivity index (χ3v) is 3.48. The van der Waals surface area contributed by atoms with Gasteiger partial charge in [0.25, 0.3) is 0 Å². The van der Waals surface area contributed by atoms with Gasteiger partial charge >= 0.3 is 0 Å². The van der Waals surface area contributed by atoms with E-state index in [0.29, 0.717) is 0 Å². The predicted molar refractivity (Wildman–Crippen MR) is 86.9 cm³/mol. The van der Waals surface area contributed by atoms with Gasteiger partial charge in [-0.05, 0) is 34.4 Å². The first-order valence-electron chi connectivity index (χ1n) is 6.80. The second-order valence-electron chi connectivity index (χ2n) is 4.77. The van der Waals surface area contributed by atoms with Gasteiger partial charge in [0.1, 0.15) is 0 Å². The smallest absolute Gasteiger partial charge is 0.0343 e. The highest BCUT2D eigenvalue weighted by molar-refractivity contribution is 5.72. The molecule has 0 atom stereocenters. The van der Waals surface area contributed by atoms with Crippen molar-refractivity contribution in [2.45, 2.75) is 0 Å². The van der Waals surface area contributed by atoms with Crippen LogP contribution in [0.4, 0.5) is 5.69 Å². The number of anilines is 1. The first-order valence-corrected chi connectivity index (χ1v) is 6.80. The zero-order chi connectivity index (χ0) is 13.8. The molecule has 0 radical (unpaired) electrons. The summed E-state index contributed by atoms with van der Waals surface area (Å²) in [5, 5.41) is 3.17. The lowest BCUT2D eigenvalue weighted by molar-refractivity contribution is 1.50. The van der Waals surface area contributed by atoms with Gasteiger partial charge in [0.2, 0.25) is 0 Å². The van der Waals surface area contributed by atoms with Gasteiger partial charge in [-0.15, -0.1) is 0 Å². The van der Waals surface area contributed by atoms with E-state index in [2.05, 4.69) is 78.1 Å². The van der Waals surface area contributed by atoms with Crippen LogP contribution in [0.2, 0.25) is 0 Å². The molecule has 3 aromatic rings. The van der Waals surface area contributed by atoms with Crippen molar-refractivity contribution in [3.63, 3.8) is 0 Å². The molecule has 0 aromatic heterocycles. The molecule has 3 rings (SSSR count). The van der Waals surface area contributed by atoms with Crippen LogP contribution in [0.15, 0.2) is 78.9 Å². The van der Waals surface area contributed by atoms with Crippen molar-refractivity contribution in [2.75, 3.05) is 12.4 Å². The summed E-state index contributed by atoms with van der Waals surface area (Å²) in [6, 6.07) is 27.6. The fourth-order valence-electron chi connectivity index (χ4n) is 2.34. The number of nitrogens with one attached hydrogen (secondary N) is 1. The van der Waals surface area contributed by atoms with E-state index in [4.69, 9.17) is 0 Å². The molecule has 3 aromatic carbocycles. The first kappa shape index (κ1) is 12.5. The standard InChI is InChI=1S/C19H17N/c1-20-19-9-5-8-18(14-19)17-12-10-16(11-13-17)15-6-3-2-4-7-15/h2-14,20H,1H3. The molecule has 0 heterocycles. The van der Waals surface area contributed by atoms with E-state index in [0.717, 1.165) is 5.69 Å². The fraction of sp³-hybridized carbons (Fsp3) is 0.0526. The Morgan fingerprint density at radius 2 is 1.10 bits per heavy atom. The fourth-order valence-corrected chi connectivity index (χ4v) is 2.34. The zero-order valence-electron chi connectivity index (χ0n) is 11.5. The topological polar surface area (TPSA) is 12.0 Å². The molecule has 20 heavy (non-hydrogen) atoms. The normalized spacial score (nSPS) is 10.2. The molecule has 1 nitrogen and oxygen atoms in total. The van der Waals surface area contributed by atoms with Crippen LogP contribution in [-0.4, -0.2) is 7.05 Å². The molecule has 0 aliphatic heterocycles. The molecule has 0 aliphatic carbocycles. The lowest BCUT2D eigenvalue weighted by Crippen LogP contribution is -1.87. The summed E-state index contributed by atoms with van der Waals surface area (Å²) in [6.45, 7) is 0. The summed E-state index contributed by atoms with van der Waals surface area (Å²) in [4.78, 5) is 0. The maximum atomic E-state index is 3.17. The van der Waals surface area contributed by atoms with Crippen molar-refractivity contribution in [3.8, 4) is 22.3 Å². The largest absolute Gasteiger partial charge is 0.388 e. The number of hydrogen-bond donors (Lipinski definition) is 1. The first-order chi connectivity index (χ1) is 9.86. The van der Waals surface area contributed by atoms with Crippen molar-refractivity contribution in [1.82, 2.24) is 0 Å². The van der Waals surface area contributed by atoms with Crippen molar-refractivity contribution in [1.29, 1.82) is 0 Å². The van der Waals surface area contributed by atoms with Gasteiger partial charge in [0.05, 0.1) is 0 Å². The van der Waals surface area contributed by atoms with Gasteiger partial charge in [0.15, 0.2) is 0 Å². The molecule has 0 aliphatic rings. The third-order valence-electron chi connectivity index (χ3n) is 3.48. The average Bonchev–Trinajstić information content (AvgIpc) is 2.56. The van der Waals surface area contributed by atoms with Crippen molar-refractivity contribution < 1.29 is 0 Å². The maximum absolute atomic E-state index is 3.17. The van der Waals surface area contributed by atoms with Crippen LogP contribution in [0, 0.1) is 0 Å². The van der Waals surface area contributed by atoms with Crippen LogP contribution in [0.3, 0.4) is 0 Å². The molecule has 1 heteroatoms. The Bertz CT molecular complexity index is 684. The van der Waals surface area contributed by atoms with Crippen LogP contribution in [0.1, 0.15) is 0 Å². The Morgan fingerprint density at radius 1 is 0.550 bits per heavy atom. The Balaban J connectivity index is 1.93. The lowest BCUT2D eigenvalue weighted by atomic mass is 10.00. The number of benzene rings is 3. The molecule has 98 valence electrons. The summed E-state index contributed by atoms with van der Waals surface area (Å²) in [5.41, 5.74) is 6.11. The minimum Gasteiger partial charge on any atom is -0.388 e. The summed E-state index contributed by atoms with van der Waals surface area (Å²) in [5.74, 6) is 0. The Hall–Kier alpha value is -2.54. The summed E-state index contributed by atoms with van der Waals surface area (Å²) < 4.78 is 0. The Labute approximate surface area is 119 Å². The van der Waals surface area contributed by atoms with Crippen molar-refractivity contribution in [2.24, 2.45) is 0 Å². The second-order valence-corrected chi connectivity index (χ2v) is 4.77. The summed E-state index contributed by atoms with van der Waals surface area (Å²) in [7, 11) is 1.94. The van der Waals surface area contributed by atoms with Gasteiger partial charge in [-0.1, -0.05) is 66.7 Å². The highest BCUT2D eigenvalue weighted by atomic mass is 14.8. The molecule has 0 fully saturated rings. The molecule has 0 unspecified atom stereocenters. The van der Waals surface area contributed by atoms with Crippen LogP contribution in [-0.2, 0) is 0 Å². The highest BCUT2D eigenvalue weighted by Gasteiger charge is 2.00. The van der Waals surface area contributed by atoms with E-state index in [-0.39, 0.29) is 0 Å². The molecule has 0 saturated heterocycles. The second kappa shape index (κ2) is 5.62. The van der Waals surface area contributed by atoms with E-state index in [1.54, 1.807) is 0 Å². The minimum absolute atomic E-state index is 1.13.